The van der Waals surface area contributed by atoms with E-state index in [9.17, 15) is 9.59 Å². The number of carbonyl (C=O) groups excluding carboxylic acids is 2. The van der Waals surface area contributed by atoms with Gasteiger partial charge in [-0.1, -0.05) is 19.8 Å². The second-order valence-electron chi connectivity index (χ2n) is 6.11. The molecule has 0 spiro atoms. The fourth-order valence-corrected chi connectivity index (χ4v) is 2.46. The van der Waals surface area contributed by atoms with Crippen LogP contribution in [-0.2, 0) is 4.74 Å². The lowest BCUT2D eigenvalue weighted by Gasteiger charge is -2.16. The summed E-state index contributed by atoms with van der Waals surface area (Å²) < 4.78 is 10.3. The summed E-state index contributed by atoms with van der Waals surface area (Å²) in [6.07, 6.45) is 2.88. The standard InChI is InChI=1S/C21H26N2O4/c1-4-5-6-15-27-19-13-7-16(8-14-19)20(24)22-17-9-11-18(12-10-17)23(2)21(25)26-3/h7-14H,4-6,15H2,1-3H3,(H,22,24). The van der Waals surface area contributed by atoms with Gasteiger partial charge in [-0.05, 0) is 55.0 Å². The van der Waals surface area contributed by atoms with Crippen molar-refractivity contribution in [2.45, 2.75) is 26.2 Å². The van der Waals surface area contributed by atoms with Crippen LogP contribution in [0, 0.1) is 0 Å². The van der Waals surface area contributed by atoms with E-state index in [-0.39, 0.29) is 5.91 Å². The fraction of sp³-hybridized carbons (Fsp3) is 0.333. The normalized spacial score (nSPS) is 10.2. The van der Waals surface area contributed by atoms with Gasteiger partial charge in [0.25, 0.3) is 5.91 Å². The van der Waals surface area contributed by atoms with Crippen molar-refractivity contribution in [1.29, 1.82) is 0 Å². The highest BCUT2D eigenvalue weighted by Gasteiger charge is 2.11. The summed E-state index contributed by atoms with van der Waals surface area (Å²) in [6, 6.07) is 14.0. The maximum Gasteiger partial charge on any atom is 0.413 e. The van der Waals surface area contributed by atoms with Gasteiger partial charge in [-0.25, -0.2) is 4.79 Å². The number of benzene rings is 2. The molecule has 0 aromatic heterocycles. The molecule has 2 aromatic carbocycles. The quantitative estimate of drug-likeness (QED) is 0.683. The zero-order valence-electron chi connectivity index (χ0n) is 16.0. The van der Waals surface area contributed by atoms with Crippen LogP contribution in [0.15, 0.2) is 48.5 Å². The number of amides is 2. The van der Waals surface area contributed by atoms with Crippen LogP contribution < -0.4 is 15.0 Å². The van der Waals surface area contributed by atoms with Crippen LogP contribution in [0.2, 0.25) is 0 Å². The molecule has 0 saturated heterocycles. The van der Waals surface area contributed by atoms with Crippen molar-refractivity contribution < 1.29 is 19.1 Å². The molecule has 0 heterocycles. The number of anilines is 2. The first kappa shape index (κ1) is 20.3. The Balaban J connectivity index is 1.91. The number of hydrogen-bond donors (Lipinski definition) is 1. The third kappa shape index (κ3) is 6.02. The molecule has 6 heteroatoms. The number of unbranched alkanes of at least 4 members (excludes halogenated alkanes) is 2. The van der Waals surface area contributed by atoms with Gasteiger partial charge in [0.2, 0.25) is 0 Å². The molecule has 0 fully saturated rings. The summed E-state index contributed by atoms with van der Waals surface area (Å²) in [6.45, 7) is 2.84. The minimum atomic E-state index is -0.455. The van der Waals surface area contributed by atoms with Gasteiger partial charge in [0, 0.05) is 24.0 Å². The maximum atomic E-state index is 12.4. The average molecular weight is 370 g/mol. The van der Waals surface area contributed by atoms with Gasteiger partial charge in [-0.2, -0.15) is 0 Å². The topological polar surface area (TPSA) is 67.9 Å². The predicted octanol–water partition coefficient (Wildman–Crippen LogP) is 4.71. The molecular formula is C21H26N2O4. The molecule has 0 aliphatic heterocycles. The van der Waals surface area contributed by atoms with E-state index >= 15 is 0 Å². The third-order valence-corrected chi connectivity index (χ3v) is 4.09. The first-order valence-electron chi connectivity index (χ1n) is 9.01. The smallest absolute Gasteiger partial charge is 0.413 e. The Kier molecular flexibility index (Phi) is 7.67. The van der Waals surface area contributed by atoms with Crippen molar-refractivity contribution in [1.82, 2.24) is 0 Å². The van der Waals surface area contributed by atoms with E-state index in [4.69, 9.17) is 4.74 Å². The van der Waals surface area contributed by atoms with Crippen LogP contribution in [0.1, 0.15) is 36.5 Å². The molecule has 1 N–H and O–H groups in total. The van der Waals surface area contributed by atoms with Gasteiger partial charge in [0.15, 0.2) is 0 Å². The van der Waals surface area contributed by atoms with Gasteiger partial charge < -0.3 is 14.8 Å². The van der Waals surface area contributed by atoms with Gasteiger partial charge in [-0.3, -0.25) is 9.69 Å². The molecule has 27 heavy (non-hydrogen) atoms. The molecule has 0 aliphatic rings. The molecule has 2 amide bonds. The number of rotatable bonds is 8. The SMILES string of the molecule is CCCCCOc1ccc(C(=O)Nc2ccc(N(C)C(=O)OC)cc2)cc1. The maximum absolute atomic E-state index is 12.4. The van der Waals surface area contributed by atoms with E-state index in [0.717, 1.165) is 25.0 Å². The number of hydrogen-bond acceptors (Lipinski definition) is 4. The summed E-state index contributed by atoms with van der Waals surface area (Å²) in [5, 5.41) is 2.83. The minimum Gasteiger partial charge on any atom is -0.494 e. The molecule has 0 saturated carbocycles. The van der Waals surface area contributed by atoms with Crippen LogP contribution >= 0.6 is 0 Å². The Morgan fingerprint density at radius 1 is 1.00 bits per heavy atom. The summed E-state index contributed by atoms with van der Waals surface area (Å²) in [4.78, 5) is 25.3. The Hall–Kier alpha value is -3.02. The van der Waals surface area contributed by atoms with E-state index in [2.05, 4.69) is 17.0 Å². The highest BCUT2D eigenvalue weighted by Crippen LogP contribution is 2.19. The molecule has 0 atom stereocenters. The third-order valence-electron chi connectivity index (χ3n) is 4.09. The summed E-state index contributed by atoms with van der Waals surface area (Å²) in [7, 11) is 2.94. The minimum absolute atomic E-state index is 0.207. The lowest BCUT2D eigenvalue weighted by molar-refractivity contribution is 0.102. The number of carbonyl (C=O) groups is 2. The molecule has 144 valence electrons. The van der Waals surface area contributed by atoms with Crippen molar-refractivity contribution in [3.8, 4) is 5.75 Å². The van der Waals surface area contributed by atoms with Gasteiger partial charge in [0.05, 0.1) is 13.7 Å². The largest absolute Gasteiger partial charge is 0.494 e. The monoisotopic (exact) mass is 370 g/mol. The fourth-order valence-electron chi connectivity index (χ4n) is 2.46. The summed E-state index contributed by atoms with van der Waals surface area (Å²) >= 11 is 0. The van der Waals surface area contributed by atoms with Crippen LogP contribution in [0.4, 0.5) is 16.2 Å². The second-order valence-corrected chi connectivity index (χ2v) is 6.11. The average Bonchev–Trinajstić information content (AvgIpc) is 2.71. The van der Waals surface area contributed by atoms with Crippen LogP contribution in [-0.4, -0.2) is 32.8 Å². The van der Waals surface area contributed by atoms with Crippen LogP contribution in [0.5, 0.6) is 5.75 Å². The van der Waals surface area contributed by atoms with E-state index in [0.29, 0.717) is 23.5 Å². The molecule has 2 rings (SSSR count). The van der Waals surface area contributed by atoms with Gasteiger partial charge in [0.1, 0.15) is 5.75 Å². The van der Waals surface area contributed by atoms with Crippen LogP contribution in [0.3, 0.4) is 0 Å². The molecular weight excluding hydrogens is 344 g/mol. The zero-order chi connectivity index (χ0) is 19.6. The number of nitrogens with one attached hydrogen (secondary N) is 1. The van der Waals surface area contributed by atoms with Gasteiger partial charge in [-0.15, -0.1) is 0 Å². The molecule has 0 unspecified atom stereocenters. The Morgan fingerprint density at radius 3 is 2.26 bits per heavy atom. The van der Waals surface area contributed by atoms with Crippen molar-refractivity contribution in [3.05, 3.63) is 54.1 Å². The highest BCUT2D eigenvalue weighted by atomic mass is 16.5. The van der Waals surface area contributed by atoms with E-state index in [1.54, 1.807) is 55.6 Å². The van der Waals surface area contributed by atoms with E-state index in [1.807, 2.05) is 0 Å². The number of nitrogens with zero attached hydrogens (tertiary/aromatic N) is 1. The second kappa shape index (κ2) is 10.2. The van der Waals surface area contributed by atoms with Crippen molar-refractivity contribution in [3.63, 3.8) is 0 Å². The molecule has 6 nitrogen and oxygen atoms in total. The highest BCUT2D eigenvalue weighted by molar-refractivity contribution is 6.04. The number of methoxy groups -OCH3 is 1. The molecule has 2 aromatic rings. The first-order valence-corrected chi connectivity index (χ1v) is 9.01. The first-order chi connectivity index (χ1) is 13.0. The van der Waals surface area contributed by atoms with Crippen molar-refractivity contribution >= 4 is 23.4 Å². The van der Waals surface area contributed by atoms with Gasteiger partial charge >= 0.3 is 6.09 Å². The Bertz CT molecular complexity index is 742. The Labute approximate surface area is 160 Å². The van der Waals surface area contributed by atoms with Crippen LogP contribution in [0.25, 0.3) is 0 Å². The summed E-state index contributed by atoms with van der Waals surface area (Å²) in [5.41, 5.74) is 1.86. The number of ether oxygens (including phenoxy) is 2. The molecule has 0 aliphatic carbocycles. The zero-order valence-corrected chi connectivity index (χ0v) is 16.0. The lowest BCUT2D eigenvalue weighted by atomic mass is 10.2. The summed E-state index contributed by atoms with van der Waals surface area (Å²) in [5.74, 6) is 0.555. The molecule has 0 bridgehead atoms. The predicted molar refractivity (Wildman–Crippen MR) is 107 cm³/mol. The van der Waals surface area contributed by atoms with Crippen molar-refractivity contribution in [2.75, 3.05) is 31.0 Å². The van der Waals surface area contributed by atoms with Crippen molar-refractivity contribution in [2.24, 2.45) is 0 Å². The molecule has 0 radical (unpaired) electrons. The lowest BCUT2D eigenvalue weighted by Crippen LogP contribution is -2.25. The van der Waals surface area contributed by atoms with E-state index < -0.39 is 6.09 Å². The van der Waals surface area contributed by atoms with E-state index in [1.165, 1.54) is 12.0 Å². The Morgan fingerprint density at radius 2 is 1.67 bits per heavy atom.